The van der Waals surface area contributed by atoms with Crippen LogP contribution in [0.5, 0.6) is 23.0 Å². The molecule has 0 unspecified atom stereocenters. The van der Waals surface area contributed by atoms with E-state index >= 15 is 0 Å². The number of carbonyl (C=O) groups excluding carboxylic acids is 2. The summed E-state index contributed by atoms with van der Waals surface area (Å²) in [7, 11) is 3.06. The number of nitrogens with one attached hydrogen (secondary N) is 1. The molecule has 0 fully saturated rings. The fourth-order valence-corrected chi connectivity index (χ4v) is 3.23. The molecule has 1 amide bonds. The number of fused-ring (bicyclic) bond motifs is 1. The minimum absolute atomic E-state index is 0.104. The van der Waals surface area contributed by atoms with E-state index in [1.807, 2.05) is 0 Å². The van der Waals surface area contributed by atoms with Crippen LogP contribution in [0.2, 0.25) is 0 Å². The Bertz CT molecular complexity index is 1110. The average molecular weight is 455 g/mol. The molecular weight excluding hydrogens is 430 g/mol. The van der Waals surface area contributed by atoms with Crippen molar-refractivity contribution in [2.75, 3.05) is 20.8 Å². The van der Waals surface area contributed by atoms with Crippen LogP contribution in [0.15, 0.2) is 42.2 Å². The van der Waals surface area contributed by atoms with Crippen molar-refractivity contribution in [1.29, 1.82) is 0 Å². The summed E-state index contributed by atoms with van der Waals surface area (Å²) in [5, 5.41) is 11.6. The number of allylic oxidation sites excluding steroid dienone is 1. The molecule has 3 rings (SSSR count). The second kappa shape index (κ2) is 10.1. The lowest BCUT2D eigenvalue weighted by molar-refractivity contribution is -0.143. The Morgan fingerprint density at radius 2 is 1.82 bits per heavy atom. The summed E-state index contributed by atoms with van der Waals surface area (Å²) in [4.78, 5) is 36.1. The van der Waals surface area contributed by atoms with Gasteiger partial charge in [-0.25, -0.2) is 4.79 Å². The molecular formula is C24H25NO8. The minimum Gasteiger partial charge on any atom is -0.497 e. The number of hydrogen-bond acceptors (Lipinski definition) is 7. The van der Waals surface area contributed by atoms with Crippen molar-refractivity contribution in [1.82, 2.24) is 5.32 Å². The van der Waals surface area contributed by atoms with E-state index in [0.29, 0.717) is 28.4 Å². The van der Waals surface area contributed by atoms with Gasteiger partial charge in [0.25, 0.3) is 5.91 Å². The average Bonchev–Trinajstić information content (AvgIpc) is 3.10. The van der Waals surface area contributed by atoms with Crippen molar-refractivity contribution >= 4 is 23.7 Å². The maximum absolute atomic E-state index is 12.8. The molecule has 0 aliphatic carbocycles. The second-order valence-electron chi connectivity index (χ2n) is 7.62. The maximum atomic E-state index is 12.8. The highest BCUT2D eigenvalue weighted by Gasteiger charge is 2.28. The van der Waals surface area contributed by atoms with Gasteiger partial charge in [0.1, 0.15) is 29.0 Å². The molecule has 0 aromatic heterocycles. The fourth-order valence-electron chi connectivity index (χ4n) is 3.23. The minimum atomic E-state index is -1.12. The van der Waals surface area contributed by atoms with E-state index in [2.05, 4.69) is 5.32 Å². The standard InChI is InChI=1S/C24H25NO8/c1-13(2)22(24(28)29)25-21(26)12-32-16-5-7-17-19(11-16)33-20(23(17)27)10-14-9-15(30-3)6-8-18(14)31-4/h5-11,13,22H,12H2,1-4H3,(H,25,26)(H,28,29)/t22-/m0/s1. The van der Waals surface area contributed by atoms with Gasteiger partial charge in [0.2, 0.25) is 5.78 Å². The number of ketones is 1. The van der Waals surface area contributed by atoms with Crippen LogP contribution >= 0.6 is 0 Å². The monoisotopic (exact) mass is 455 g/mol. The van der Waals surface area contributed by atoms with Gasteiger partial charge in [-0.1, -0.05) is 13.8 Å². The van der Waals surface area contributed by atoms with Crippen LogP contribution in [-0.2, 0) is 9.59 Å². The van der Waals surface area contributed by atoms with Crippen LogP contribution in [0, 0.1) is 5.92 Å². The van der Waals surface area contributed by atoms with Crippen molar-refractivity contribution in [3.05, 3.63) is 53.3 Å². The zero-order valence-electron chi connectivity index (χ0n) is 18.7. The lowest BCUT2D eigenvalue weighted by atomic mass is 10.1. The third-order valence-corrected chi connectivity index (χ3v) is 4.98. The van der Waals surface area contributed by atoms with Crippen LogP contribution in [0.4, 0.5) is 0 Å². The molecule has 0 bridgehead atoms. The molecule has 9 nitrogen and oxygen atoms in total. The predicted molar refractivity (Wildman–Crippen MR) is 119 cm³/mol. The number of methoxy groups -OCH3 is 2. The van der Waals surface area contributed by atoms with E-state index in [4.69, 9.17) is 18.9 Å². The maximum Gasteiger partial charge on any atom is 0.326 e. The fraction of sp³-hybridized carbons (Fsp3) is 0.292. The number of carboxylic acids is 1. The Hall–Kier alpha value is -4.01. The Morgan fingerprint density at radius 1 is 1.09 bits per heavy atom. The van der Waals surface area contributed by atoms with Crippen LogP contribution < -0.4 is 24.3 Å². The van der Waals surface area contributed by atoms with E-state index in [0.717, 1.165) is 0 Å². The molecule has 33 heavy (non-hydrogen) atoms. The first-order valence-corrected chi connectivity index (χ1v) is 10.2. The number of carbonyl (C=O) groups is 3. The number of ether oxygens (including phenoxy) is 4. The van der Waals surface area contributed by atoms with Crippen LogP contribution in [0.1, 0.15) is 29.8 Å². The molecule has 0 saturated carbocycles. The molecule has 1 aliphatic heterocycles. The number of aliphatic carboxylic acids is 1. The summed E-state index contributed by atoms with van der Waals surface area (Å²) in [6.07, 6.45) is 1.57. The first-order chi connectivity index (χ1) is 15.7. The molecule has 2 aromatic rings. The van der Waals surface area contributed by atoms with E-state index in [1.165, 1.54) is 20.3 Å². The van der Waals surface area contributed by atoms with Gasteiger partial charge in [0.15, 0.2) is 12.4 Å². The summed E-state index contributed by atoms with van der Waals surface area (Å²) >= 11 is 0. The topological polar surface area (TPSA) is 120 Å². The Balaban J connectivity index is 1.72. The van der Waals surface area contributed by atoms with Crippen molar-refractivity contribution in [2.24, 2.45) is 5.92 Å². The smallest absolute Gasteiger partial charge is 0.326 e. The molecule has 2 aromatic carbocycles. The van der Waals surface area contributed by atoms with E-state index in [9.17, 15) is 19.5 Å². The highest BCUT2D eigenvalue weighted by Crippen LogP contribution is 2.36. The largest absolute Gasteiger partial charge is 0.497 e. The van der Waals surface area contributed by atoms with E-state index < -0.39 is 17.9 Å². The number of amides is 1. The summed E-state index contributed by atoms with van der Waals surface area (Å²) in [5.41, 5.74) is 0.963. The van der Waals surface area contributed by atoms with Crippen molar-refractivity contribution < 1.29 is 38.4 Å². The molecule has 1 heterocycles. The van der Waals surface area contributed by atoms with E-state index in [1.54, 1.807) is 50.3 Å². The molecule has 0 radical (unpaired) electrons. The molecule has 1 aliphatic rings. The van der Waals surface area contributed by atoms with Gasteiger partial charge in [-0.2, -0.15) is 0 Å². The molecule has 2 N–H and O–H groups in total. The zero-order chi connectivity index (χ0) is 24.1. The molecule has 1 atom stereocenters. The van der Waals surface area contributed by atoms with E-state index in [-0.39, 0.29) is 29.8 Å². The quantitative estimate of drug-likeness (QED) is 0.554. The first-order valence-electron chi connectivity index (χ1n) is 10.2. The number of hydrogen-bond donors (Lipinski definition) is 2. The van der Waals surface area contributed by atoms with Crippen LogP contribution in [0.25, 0.3) is 6.08 Å². The molecule has 0 saturated heterocycles. The lowest BCUT2D eigenvalue weighted by Gasteiger charge is -2.18. The lowest BCUT2D eigenvalue weighted by Crippen LogP contribution is -2.46. The SMILES string of the molecule is COc1ccc(OC)c(C=C2Oc3cc(OCC(=O)N[C@H](C(=O)O)C(C)C)ccc3C2=O)c1. The predicted octanol–water partition coefficient (Wildman–Crippen LogP) is 2.92. The van der Waals surface area contributed by atoms with Crippen molar-refractivity contribution in [2.45, 2.75) is 19.9 Å². The Morgan fingerprint density at radius 3 is 2.45 bits per heavy atom. The van der Waals surface area contributed by atoms with Gasteiger partial charge in [0, 0.05) is 11.6 Å². The summed E-state index contributed by atoms with van der Waals surface area (Å²) in [6.45, 7) is 3.01. The normalized spacial score (nSPS) is 14.5. The highest BCUT2D eigenvalue weighted by molar-refractivity contribution is 6.14. The van der Waals surface area contributed by atoms with Gasteiger partial charge in [0.05, 0.1) is 19.8 Å². The van der Waals surface area contributed by atoms with Crippen LogP contribution in [0.3, 0.4) is 0 Å². The Kier molecular flexibility index (Phi) is 7.22. The molecule has 0 spiro atoms. The summed E-state index contributed by atoms with van der Waals surface area (Å²) in [6, 6.07) is 8.77. The van der Waals surface area contributed by atoms with Crippen LogP contribution in [-0.4, -0.2) is 49.6 Å². The summed E-state index contributed by atoms with van der Waals surface area (Å²) < 4.78 is 21.7. The number of carboxylic acid groups (broad SMARTS) is 1. The Labute approximate surface area is 190 Å². The third kappa shape index (κ3) is 5.43. The van der Waals surface area contributed by atoms with Gasteiger partial charge in [-0.05, 0) is 42.3 Å². The van der Waals surface area contributed by atoms with Gasteiger partial charge >= 0.3 is 5.97 Å². The number of rotatable bonds is 9. The van der Waals surface area contributed by atoms with Gasteiger partial charge in [-0.3, -0.25) is 9.59 Å². The molecule has 174 valence electrons. The number of benzene rings is 2. The summed E-state index contributed by atoms with van der Waals surface area (Å²) in [5.74, 6) is -0.430. The number of Topliss-reactive ketones (excluding diaryl/α,β-unsaturated/α-hetero) is 1. The van der Waals surface area contributed by atoms with Crippen molar-refractivity contribution in [3.8, 4) is 23.0 Å². The second-order valence-corrected chi connectivity index (χ2v) is 7.62. The molecule has 9 heteroatoms. The van der Waals surface area contributed by atoms with Gasteiger partial charge < -0.3 is 29.4 Å². The third-order valence-electron chi connectivity index (χ3n) is 4.98. The first kappa shape index (κ1) is 23.6. The zero-order valence-corrected chi connectivity index (χ0v) is 18.7. The van der Waals surface area contributed by atoms with Crippen molar-refractivity contribution in [3.63, 3.8) is 0 Å². The highest BCUT2D eigenvalue weighted by atomic mass is 16.5. The van der Waals surface area contributed by atoms with Gasteiger partial charge in [-0.15, -0.1) is 0 Å².